The Bertz CT molecular complexity index is 557. The Hall–Kier alpha value is -1.87. The fourth-order valence-electron chi connectivity index (χ4n) is 3.37. The average molecular weight is 399 g/mol. The normalized spacial score (nSPS) is 20.8. The summed E-state index contributed by atoms with van der Waals surface area (Å²) in [5, 5.41) is 3.11. The SMILES string of the molecule is CCC=CCC=CCC=CCC=CCC=CCCCC(=O)NC1CCCCC1N. The lowest BCUT2D eigenvalue weighted by Crippen LogP contribution is -2.49. The summed E-state index contributed by atoms with van der Waals surface area (Å²) in [7, 11) is 0. The molecule has 0 saturated heterocycles. The van der Waals surface area contributed by atoms with Crippen molar-refractivity contribution in [3.05, 3.63) is 60.8 Å². The first-order chi connectivity index (χ1) is 14.2. The van der Waals surface area contributed by atoms with E-state index in [1.54, 1.807) is 0 Å². The van der Waals surface area contributed by atoms with E-state index >= 15 is 0 Å². The Morgan fingerprint density at radius 3 is 1.90 bits per heavy atom. The van der Waals surface area contributed by atoms with Gasteiger partial charge in [0.2, 0.25) is 5.91 Å². The highest BCUT2D eigenvalue weighted by molar-refractivity contribution is 5.76. The van der Waals surface area contributed by atoms with Crippen LogP contribution in [0, 0.1) is 0 Å². The minimum absolute atomic E-state index is 0.138. The Morgan fingerprint density at radius 2 is 1.34 bits per heavy atom. The first kappa shape index (κ1) is 25.2. The van der Waals surface area contributed by atoms with E-state index in [2.05, 4.69) is 73.0 Å². The van der Waals surface area contributed by atoms with Gasteiger partial charge in [-0.05, 0) is 57.8 Å². The van der Waals surface area contributed by atoms with E-state index in [1.165, 1.54) is 12.8 Å². The van der Waals surface area contributed by atoms with Crippen molar-refractivity contribution < 1.29 is 4.79 Å². The summed E-state index contributed by atoms with van der Waals surface area (Å²) in [5.41, 5.74) is 6.08. The second-order valence-corrected chi connectivity index (χ2v) is 7.72. The van der Waals surface area contributed by atoms with Crippen molar-refractivity contribution in [3.8, 4) is 0 Å². The first-order valence-corrected chi connectivity index (χ1v) is 11.5. The van der Waals surface area contributed by atoms with Gasteiger partial charge >= 0.3 is 0 Å². The Morgan fingerprint density at radius 1 is 0.828 bits per heavy atom. The molecule has 1 fully saturated rings. The van der Waals surface area contributed by atoms with Crippen LogP contribution in [0.4, 0.5) is 0 Å². The third kappa shape index (κ3) is 14.7. The van der Waals surface area contributed by atoms with Gasteiger partial charge in [0, 0.05) is 18.5 Å². The van der Waals surface area contributed by atoms with Crippen LogP contribution in [0.15, 0.2) is 60.8 Å². The van der Waals surface area contributed by atoms with Crippen molar-refractivity contribution in [1.82, 2.24) is 5.32 Å². The van der Waals surface area contributed by atoms with E-state index in [0.29, 0.717) is 6.42 Å². The van der Waals surface area contributed by atoms with Crippen LogP contribution in [-0.4, -0.2) is 18.0 Å². The summed E-state index contributed by atoms with van der Waals surface area (Å²) in [4.78, 5) is 12.0. The van der Waals surface area contributed by atoms with Gasteiger partial charge in [-0.3, -0.25) is 4.79 Å². The van der Waals surface area contributed by atoms with Crippen LogP contribution in [0.3, 0.4) is 0 Å². The van der Waals surface area contributed by atoms with Crippen molar-refractivity contribution in [2.24, 2.45) is 5.73 Å². The molecule has 0 heterocycles. The van der Waals surface area contributed by atoms with Crippen LogP contribution in [0.2, 0.25) is 0 Å². The van der Waals surface area contributed by atoms with Crippen molar-refractivity contribution in [2.45, 2.75) is 96.1 Å². The molecule has 1 saturated carbocycles. The maximum atomic E-state index is 12.0. The second-order valence-electron chi connectivity index (χ2n) is 7.72. The van der Waals surface area contributed by atoms with Gasteiger partial charge in [-0.25, -0.2) is 0 Å². The van der Waals surface area contributed by atoms with E-state index in [-0.39, 0.29) is 18.0 Å². The topological polar surface area (TPSA) is 55.1 Å². The summed E-state index contributed by atoms with van der Waals surface area (Å²) in [6.45, 7) is 2.16. The Labute approximate surface area is 178 Å². The number of rotatable bonds is 14. The summed E-state index contributed by atoms with van der Waals surface area (Å²) < 4.78 is 0. The molecule has 0 aromatic carbocycles. The molecule has 1 rings (SSSR count). The van der Waals surface area contributed by atoms with Gasteiger partial charge in [-0.15, -0.1) is 0 Å². The highest BCUT2D eigenvalue weighted by Crippen LogP contribution is 2.17. The van der Waals surface area contributed by atoms with Gasteiger partial charge in [-0.2, -0.15) is 0 Å². The smallest absolute Gasteiger partial charge is 0.220 e. The molecule has 29 heavy (non-hydrogen) atoms. The molecule has 0 aliphatic heterocycles. The third-order valence-corrected chi connectivity index (χ3v) is 5.10. The molecule has 0 bridgehead atoms. The molecule has 1 aliphatic rings. The predicted octanol–water partition coefficient (Wildman–Crippen LogP) is 6.29. The number of carbonyl (C=O) groups excluding carboxylic acids is 1. The number of hydrogen-bond acceptors (Lipinski definition) is 2. The average Bonchev–Trinajstić information content (AvgIpc) is 2.72. The number of unbranched alkanes of at least 4 members (excludes halogenated alkanes) is 1. The van der Waals surface area contributed by atoms with Gasteiger partial charge in [-0.1, -0.05) is 80.5 Å². The van der Waals surface area contributed by atoms with Crippen molar-refractivity contribution in [2.75, 3.05) is 0 Å². The molecule has 2 unspecified atom stereocenters. The monoisotopic (exact) mass is 398 g/mol. The zero-order valence-electron chi connectivity index (χ0n) is 18.4. The highest BCUT2D eigenvalue weighted by atomic mass is 16.1. The number of carbonyl (C=O) groups is 1. The fraction of sp³-hybridized carbons (Fsp3) is 0.577. The van der Waals surface area contributed by atoms with Gasteiger partial charge in [0.1, 0.15) is 0 Å². The van der Waals surface area contributed by atoms with E-state index in [0.717, 1.165) is 57.8 Å². The third-order valence-electron chi connectivity index (χ3n) is 5.10. The van der Waals surface area contributed by atoms with Crippen LogP contribution in [0.1, 0.15) is 84.0 Å². The molecule has 3 nitrogen and oxygen atoms in total. The maximum absolute atomic E-state index is 12.0. The fourth-order valence-corrected chi connectivity index (χ4v) is 3.37. The van der Waals surface area contributed by atoms with Crippen LogP contribution < -0.4 is 11.1 Å². The minimum Gasteiger partial charge on any atom is -0.352 e. The molecular formula is C26H42N2O. The second kappa shape index (κ2) is 18.2. The summed E-state index contributed by atoms with van der Waals surface area (Å²) in [5.74, 6) is 0.153. The van der Waals surface area contributed by atoms with Crippen molar-refractivity contribution in [3.63, 3.8) is 0 Å². The van der Waals surface area contributed by atoms with Gasteiger partial charge in [0.05, 0.1) is 0 Å². The quantitative estimate of drug-likeness (QED) is 0.267. The molecule has 0 aromatic rings. The molecule has 3 N–H and O–H groups in total. The van der Waals surface area contributed by atoms with E-state index < -0.39 is 0 Å². The number of nitrogens with two attached hydrogens (primary N) is 1. The van der Waals surface area contributed by atoms with Gasteiger partial charge in [0.25, 0.3) is 0 Å². The van der Waals surface area contributed by atoms with Crippen molar-refractivity contribution >= 4 is 5.91 Å². The molecule has 0 aromatic heterocycles. The van der Waals surface area contributed by atoms with E-state index in [1.807, 2.05) is 0 Å². The summed E-state index contributed by atoms with van der Waals surface area (Å²) in [6.07, 6.45) is 34.0. The molecule has 1 amide bonds. The number of hydrogen-bond donors (Lipinski definition) is 2. The van der Waals surface area contributed by atoms with Gasteiger partial charge < -0.3 is 11.1 Å². The Balaban J connectivity index is 1.97. The summed E-state index contributed by atoms with van der Waals surface area (Å²) in [6, 6.07) is 0.323. The Kier molecular flexibility index (Phi) is 15.8. The minimum atomic E-state index is 0.138. The van der Waals surface area contributed by atoms with Crippen LogP contribution >= 0.6 is 0 Å². The van der Waals surface area contributed by atoms with Crippen LogP contribution in [0.25, 0.3) is 0 Å². The largest absolute Gasteiger partial charge is 0.352 e. The zero-order valence-corrected chi connectivity index (χ0v) is 18.4. The summed E-state index contributed by atoms with van der Waals surface area (Å²) >= 11 is 0. The molecular weight excluding hydrogens is 356 g/mol. The molecule has 2 atom stereocenters. The van der Waals surface area contributed by atoms with Crippen molar-refractivity contribution in [1.29, 1.82) is 0 Å². The molecule has 1 aliphatic carbocycles. The number of allylic oxidation sites excluding steroid dienone is 10. The molecule has 162 valence electrons. The van der Waals surface area contributed by atoms with Crippen LogP contribution in [0.5, 0.6) is 0 Å². The predicted molar refractivity (Wildman–Crippen MR) is 127 cm³/mol. The maximum Gasteiger partial charge on any atom is 0.220 e. The molecule has 0 spiro atoms. The van der Waals surface area contributed by atoms with E-state index in [4.69, 9.17) is 5.73 Å². The highest BCUT2D eigenvalue weighted by Gasteiger charge is 2.22. The standard InChI is InChI=1S/C26H42N2O/c1-2-3-4-5-6-7-8-9-10-11-12-13-14-15-16-17-18-23-26(29)28-25-22-20-19-21-24(25)27/h3-4,6-7,9-10,12-13,15-16,24-25H,2,5,8,11,14,17-23,27H2,1H3,(H,28,29). The molecule has 3 heteroatoms. The van der Waals surface area contributed by atoms with Gasteiger partial charge in [0.15, 0.2) is 0 Å². The molecule has 0 radical (unpaired) electrons. The number of amides is 1. The number of nitrogens with one attached hydrogen (secondary N) is 1. The zero-order chi connectivity index (χ0) is 21.0. The van der Waals surface area contributed by atoms with Crippen LogP contribution in [-0.2, 0) is 4.79 Å². The lowest BCUT2D eigenvalue weighted by molar-refractivity contribution is -0.122. The lowest BCUT2D eigenvalue weighted by Gasteiger charge is -2.29. The first-order valence-electron chi connectivity index (χ1n) is 11.5. The van der Waals surface area contributed by atoms with E-state index in [9.17, 15) is 4.79 Å². The lowest BCUT2D eigenvalue weighted by atomic mass is 9.91.